The van der Waals surface area contributed by atoms with Crippen molar-refractivity contribution in [3.05, 3.63) is 83.3 Å². The molecule has 3 aliphatic rings. The third-order valence-corrected chi connectivity index (χ3v) is 7.61. The molecule has 1 aromatic carbocycles. The van der Waals surface area contributed by atoms with Crippen LogP contribution in [0.15, 0.2) is 61.0 Å². The van der Waals surface area contributed by atoms with E-state index in [1.54, 1.807) is 0 Å². The summed E-state index contributed by atoms with van der Waals surface area (Å²) >= 11 is 0. The van der Waals surface area contributed by atoms with Gasteiger partial charge in [0.15, 0.2) is 0 Å². The molecule has 1 fully saturated rings. The zero-order valence-corrected chi connectivity index (χ0v) is 19.8. The lowest BCUT2D eigenvalue weighted by atomic mass is 9.86. The number of hydrogen-bond donors (Lipinski definition) is 0. The number of allylic oxidation sites excluding steroid dienone is 3. The van der Waals surface area contributed by atoms with Gasteiger partial charge >= 0.3 is 0 Å². The highest BCUT2D eigenvalue weighted by molar-refractivity contribution is 5.90. The Morgan fingerprint density at radius 3 is 2.61 bits per heavy atom. The first-order chi connectivity index (χ1) is 16.0. The first-order valence-electron chi connectivity index (χ1n) is 12.0. The van der Waals surface area contributed by atoms with Crippen LogP contribution in [0.25, 0.3) is 22.0 Å². The molecular weight excluding hydrogens is 406 g/mol. The number of aryl methyl sites for hydroxylation is 1. The number of piperazine rings is 1. The number of hydrogen-bond acceptors (Lipinski definition) is 4. The Morgan fingerprint density at radius 2 is 1.82 bits per heavy atom. The smallest absolute Gasteiger partial charge is 0.0923 e. The molecule has 0 radical (unpaired) electrons. The molecule has 0 saturated carbocycles. The third-order valence-electron chi connectivity index (χ3n) is 7.61. The highest BCUT2D eigenvalue weighted by Crippen LogP contribution is 2.36. The Labute approximate surface area is 195 Å². The third kappa shape index (κ3) is 3.65. The van der Waals surface area contributed by atoms with Crippen molar-refractivity contribution in [2.45, 2.75) is 25.3 Å². The maximum atomic E-state index is 4.85. The molecule has 0 N–H and O–H groups in total. The van der Waals surface area contributed by atoms with E-state index in [4.69, 9.17) is 4.98 Å². The number of aromatic nitrogens is 3. The van der Waals surface area contributed by atoms with Gasteiger partial charge in [-0.05, 0) is 55.3 Å². The average molecular weight is 438 g/mol. The van der Waals surface area contributed by atoms with Crippen molar-refractivity contribution >= 4 is 22.0 Å². The van der Waals surface area contributed by atoms with Crippen LogP contribution in [0, 0.1) is 0 Å². The normalized spacial score (nSPS) is 23.6. The van der Waals surface area contributed by atoms with Gasteiger partial charge < -0.3 is 4.90 Å². The minimum absolute atomic E-state index is 0.110. The molecule has 5 nitrogen and oxygen atoms in total. The van der Waals surface area contributed by atoms with Crippen LogP contribution in [-0.4, -0.2) is 63.3 Å². The molecule has 3 heterocycles. The number of pyridine rings is 1. The van der Waals surface area contributed by atoms with Gasteiger partial charge in [0.25, 0.3) is 0 Å². The summed E-state index contributed by atoms with van der Waals surface area (Å²) in [5.74, 6) is 0. The monoisotopic (exact) mass is 437 g/mol. The molecule has 0 bridgehead atoms. The van der Waals surface area contributed by atoms with Crippen LogP contribution in [-0.2, 0) is 13.5 Å². The molecular formula is C28H31N5. The van der Waals surface area contributed by atoms with E-state index in [9.17, 15) is 0 Å². The molecule has 3 aromatic rings. The van der Waals surface area contributed by atoms with Crippen molar-refractivity contribution in [2.75, 3.05) is 33.2 Å². The molecule has 1 atom stereocenters. The Bertz CT molecular complexity index is 1320. The van der Waals surface area contributed by atoms with Crippen LogP contribution in [0.2, 0.25) is 0 Å². The van der Waals surface area contributed by atoms with Crippen LogP contribution in [0.5, 0.6) is 0 Å². The summed E-state index contributed by atoms with van der Waals surface area (Å²) in [6, 6.07) is 8.89. The van der Waals surface area contributed by atoms with Crippen LogP contribution in [0.3, 0.4) is 0 Å². The summed E-state index contributed by atoms with van der Waals surface area (Å²) < 4.78 is 1.88. The molecule has 5 heteroatoms. The minimum atomic E-state index is 0.110. The van der Waals surface area contributed by atoms with E-state index in [-0.39, 0.29) is 5.54 Å². The Morgan fingerprint density at radius 1 is 0.970 bits per heavy atom. The molecule has 0 spiro atoms. The fraction of sp³-hybridized carbons (Fsp3) is 0.357. The van der Waals surface area contributed by atoms with E-state index in [1.807, 2.05) is 11.7 Å². The van der Waals surface area contributed by atoms with E-state index in [0.29, 0.717) is 0 Å². The predicted octanol–water partition coefficient (Wildman–Crippen LogP) is 4.31. The second-order valence-corrected chi connectivity index (χ2v) is 9.96. The lowest BCUT2D eigenvalue weighted by Gasteiger charge is -2.44. The average Bonchev–Trinajstić information content (AvgIpc) is 3.41. The van der Waals surface area contributed by atoms with Crippen molar-refractivity contribution in [3.8, 4) is 0 Å². The molecule has 1 saturated heterocycles. The first-order valence-corrected chi connectivity index (χ1v) is 12.0. The summed E-state index contributed by atoms with van der Waals surface area (Å²) in [6.45, 7) is 6.94. The Kier molecular flexibility index (Phi) is 4.86. The Hall–Kier alpha value is -3.02. The lowest BCUT2D eigenvalue weighted by Crippen LogP contribution is -2.54. The molecule has 2 aliphatic carbocycles. The highest BCUT2D eigenvalue weighted by atomic mass is 15.3. The largest absolute Gasteiger partial charge is 0.304 e. The van der Waals surface area contributed by atoms with Gasteiger partial charge in [-0.25, -0.2) is 0 Å². The second-order valence-electron chi connectivity index (χ2n) is 9.96. The molecule has 0 amide bonds. The maximum absolute atomic E-state index is 4.85. The van der Waals surface area contributed by atoms with Crippen LogP contribution in [0.4, 0.5) is 0 Å². The molecule has 2 aromatic heterocycles. The number of benzene rings is 1. The van der Waals surface area contributed by atoms with Gasteiger partial charge in [-0.15, -0.1) is 0 Å². The van der Waals surface area contributed by atoms with Gasteiger partial charge in [-0.2, -0.15) is 5.10 Å². The van der Waals surface area contributed by atoms with Crippen LogP contribution < -0.4 is 0 Å². The summed E-state index contributed by atoms with van der Waals surface area (Å²) in [7, 11) is 4.19. The van der Waals surface area contributed by atoms with Gasteiger partial charge in [-0.3, -0.25) is 14.6 Å². The molecule has 6 rings (SSSR count). The molecule has 1 unspecified atom stereocenters. The standard InChI is InChI=1S/C28H31N5/c1-28(33-14-12-31(2)13-15-33)10-8-20(9-11-28)22-17-25-24(5-7-27(25)29-18-22)21-4-6-26-23(16-21)19-32(3)30-26/h4-6,8-10,16-19H,7,11-15H2,1-3H3. The zero-order valence-electron chi connectivity index (χ0n) is 19.8. The number of rotatable bonds is 3. The van der Waals surface area contributed by atoms with Crippen LogP contribution in [0.1, 0.15) is 35.7 Å². The van der Waals surface area contributed by atoms with Crippen molar-refractivity contribution in [1.29, 1.82) is 0 Å². The lowest BCUT2D eigenvalue weighted by molar-refractivity contribution is 0.0804. The quantitative estimate of drug-likeness (QED) is 0.612. The molecule has 33 heavy (non-hydrogen) atoms. The van der Waals surface area contributed by atoms with Gasteiger partial charge in [-0.1, -0.05) is 30.4 Å². The maximum Gasteiger partial charge on any atom is 0.0923 e. The van der Waals surface area contributed by atoms with E-state index >= 15 is 0 Å². The van der Waals surface area contributed by atoms with Crippen molar-refractivity contribution in [3.63, 3.8) is 0 Å². The van der Waals surface area contributed by atoms with Gasteiger partial charge in [0, 0.05) is 74.1 Å². The van der Waals surface area contributed by atoms with Gasteiger partial charge in [0.05, 0.1) is 11.2 Å². The second kappa shape index (κ2) is 7.79. The minimum Gasteiger partial charge on any atom is -0.304 e. The molecule has 168 valence electrons. The fourth-order valence-electron chi connectivity index (χ4n) is 5.43. The summed E-state index contributed by atoms with van der Waals surface area (Å²) in [5, 5.41) is 5.69. The number of likely N-dealkylation sites (N-methyl/N-ethyl adjacent to an activating group) is 1. The number of fused-ring (bicyclic) bond motifs is 2. The van der Waals surface area contributed by atoms with Gasteiger partial charge in [0.1, 0.15) is 0 Å². The van der Waals surface area contributed by atoms with E-state index in [2.05, 4.69) is 89.8 Å². The van der Waals surface area contributed by atoms with Crippen molar-refractivity contribution in [1.82, 2.24) is 24.6 Å². The SMILES string of the molecule is CN1CCN(C2(C)C=CC(c3cnc4c(c3)C(c3ccc5nn(C)cc5c3)=CC4)=CC2)CC1. The van der Waals surface area contributed by atoms with Gasteiger partial charge in [0.2, 0.25) is 0 Å². The fourth-order valence-corrected chi connectivity index (χ4v) is 5.43. The zero-order chi connectivity index (χ0) is 22.6. The Balaban J connectivity index is 1.26. The first kappa shape index (κ1) is 20.6. The van der Waals surface area contributed by atoms with E-state index in [0.717, 1.165) is 44.5 Å². The topological polar surface area (TPSA) is 37.2 Å². The number of nitrogens with zero attached hydrogens (tertiary/aromatic N) is 5. The summed E-state index contributed by atoms with van der Waals surface area (Å²) in [6.07, 6.45) is 15.5. The van der Waals surface area contributed by atoms with E-state index < -0.39 is 0 Å². The summed E-state index contributed by atoms with van der Waals surface area (Å²) in [4.78, 5) is 9.90. The summed E-state index contributed by atoms with van der Waals surface area (Å²) in [5.41, 5.74) is 8.59. The van der Waals surface area contributed by atoms with Crippen LogP contribution >= 0.6 is 0 Å². The van der Waals surface area contributed by atoms with E-state index in [1.165, 1.54) is 38.9 Å². The van der Waals surface area contributed by atoms with Crippen molar-refractivity contribution in [2.24, 2.45) is 7.05 Å². The highest BCUT2D eigenvalue weighted by Gasteiger charge is 2.32. The van der Waals surface area contributed by atoms with Crippen molar-refractivity contribution < 1.29 is 0 Å². The predicted molar refractivity (Wildman–Crippen MR) is 135 cm³/mol. The molecule has 1 aliphatic heterocycles.